The molecule has 2 rings (SSSR count). The second kappa shape index (κ2) is 8.84. The Morgan fingerprint density at radius 2 is 2.04 bits per heavy atom. The van der Waals surface area contributed by atoms with Crippen molar-refractivity contribution in [2.24, 2.45) is 0 Å². The smallest absolute Gasteiger partial charge is 0.338 e. The Kier molecular flexibility index (Phi) is 6.78. The number of rotatable bonds is 6. The van der Waals surface area contributed by atoms with Gasteiger partial charge in [0.2, 0.25) is 0 Å². The van der Waals surface area contributed by atoms with Crippen molar-refractivity contribution in [2.75, 3.05) is 23.9 Å². The van der Waals surface area contributed by atoms with Crippen molar-refractivity contribution < 1.29 is 22.4 Å². The fraction of sp³-hybridized carbons (Fsp3) is 0.312. The third-order valence-corrected chi connectivity index (χ3v) is 3.92. The zero-order valence-corrected chi connectivity index (χ0v) is 14.5. The van der Waals surface area contributed by atoms with Crippen LogP contribution >= 0.6 is 11.8 Å². The minimum Gasteiger partial charge on any atom is -0.338 e. The maximum atomic E-state index is 13.3. The van der Waals surface area contributed by atoms with Crippen LogP contribution in [0.1, 0.15) is 12.1 Å². The summed E-state index contributed by atoms with van der Waals surface area (Å²) in [5.41, 5.74) is -1.75. The highest BCUT2D eigenvalue weighted by atomic mass is 32.2. The van der Waals surface area contributed by atoms with Crippen LogP contribution in [0.15, 0.2) is 30.6 Å². The number of alkyl halides is 3. The molecule has 2 heterocycles. The van der Waals surface area contributed by atoms with Crippen LogP contribution in [0.2, 0.25) is 0 Å². The van der Waals surface area contributed by atoms with E-state index in [-0.39, 0.29) is 11.3 Å². The Bertz CT molecular complexity index is 770. The van der Waals surface area contributed by atoms with Gasteiger partial charge in [0.15, 0.2) is 5.69 Å². The second-order valence-electron chi connectivity index (χ2n) is 5.21. The van der Waals surface area contributed by atoms with Gasteiger partial charge in [-0.1, -0.05) is 0 Å². The highest BCUT2D eigenvalue weighted by Gasteiger charge is 2.36. The topological polar surface area (TPSA) is 66.9 Å². The molecule has 2 N–H and O–H groups in total. The van der Waals surface area contributed by atoms with Gasteiger partial charge in [0, 0.05) is 18.3 Å². The van der Waals surface area contributed by atoms with Gasteiger partial charge in [-0.3, -0.25) is 4.98 Å². The first kappa shape index (κ1) is 20.0. The lowest BCUT2D eigenvalue weighted by Gasteiger charge is -2.15. The van der Waals surface area contributed by atoms with E-state index in [0.29, 0.717) is 13.0 Å². The van der Waals surface area contributed by atoms with Gasteiger partial charge >= 0.3 is 12.2 Å². The monoisotopic (exact) mass is 388 g/mol. The molecule has 0 saturated heterocycles. The van der Waals surface area contributed by atoms with Crippen LogP contribution in [0.25, 0.3) is 11.3 Å². The van der Waals surface area contributed by atoms with Crippen LogP contribution in [-0.4, -0.2) is 34.6 Å². The third kappa shape index (κ3) is 5.58. The van der Waals surface area contributed by atoms with Gasteiger partial charge in [-0.25, -0.2) is 14.2 Å². The van der Waals surface area contributed by atoms with E-state index in [1.54, 1.807) is 11.8 Å². The maximum Gasteiger partial charge on any atom is 0.435 e. The van der Waals surface area contributed by atoms with Crippen molar-refractivity contribution in [1.29, 1.82) is 0 Å². The largest absolute Gasteiger partial charge is 0.435 e. The van der Waals surface area contributed by atoms with Gasteiger partial charge in [-0.05, 0) is 36.6 Å². The molecule has 0 aromatic carbocycles. The highest BCUT2D eigenvalue weighted by molar-refractivity contribution is 7.98. The lowest BCUT2D eigenvalue weighted by Crippen LogP contribution is -2.31. The number of anilines is 1. The fourth-order valence-corrected chi connectivity index (χ4v) is 2.51. The molecular formula is C16H16F4N4OS. The summed E-state index contributed by atoms with van der Waals surface area (Å²) < 4.78 is 53.1. The average Bonchev–Trinajstić information content (AvgIpc) is 2.58. The van der Waals surface area contributed by atoms with Gasteiger partial charge in [-0.2, -0.15) is 24.9 Å². The van der Waals surface area contributed by atoms with Crippen LogP contribution in [0.4, 0.5) is 28.0 Å². The Morgan fingerprint density at radius 3 is 2.69 bits per heavy atom. The normalized spacial score (nSPS) is 11.3. The molecule has 2 aromatic rings. The lowest BCUT2D eigenvalue weighted by atomic mass is 10.1. The lowest BCUT2D eigenvalue weighted by molar-refractivity contribution is -0.140. The number of aromatic nitrogens is 2. The molecule has 2 aromatic heterocycles. The SMILES string of the molecule is CSCCCNC(=O)Nc1ccc(-c2cncc(F)c2)nc1C(F)(F)F. The quantitative estimate of drug-likeness (QED) is 0.576. The third-order valence-electron chi connectivity index (χ3n) is 3.22. The number of hydrogen-bond donors (Lipinski definition) is 2. The molecular weight excluding hydrogens is 372 g/mol. The van der Waals surface area contributed by atoms with Crippen LogP contribution in [0.3, 0.4) is 0 Å². The summed E-state index contributed by atoms with van der Waals surface area (Å²) in [4.78, 5) is 18.9. The number of halogens is 4. The van der Waals surface area contributed by atoms with Gasteiger partial charge in [0.25, 0.3) is 0 Å². The number of thioether (sulfide) groups is 1. The summed E-state index contributed by atoms with van der Waals surface area (Å²) in [6.45, 7) is 0.342. The molecule has 0 aliphatic heterocycles. The Morgan fingerprint density at radius 1 is 1.27 bits per heavy atom. The fourth-order valence-electron chi connectivity index (χ4n) is 2.07. The first-order chi connectivity index (χ1) is 12.3. The van der Waals surface area contributed by atoms with Crippen molar-refractivity contribution >= 4 is 23.5 Å². The Hall–Kier alpha value is -2.36. The number of pyridine rings is 2. The standard InChI is InChI=1S/C16H16F4N4OS/c1-26-6-2-5-22-15(25)24-13-4-3-12(23-14(13)16(18,19)20)10-7-11(17)9-21-8-10/h3-4,7-9H,2,5-6H2,1H3,(H2,22,24,25). The summed E-state index contributed by atoms with van der Waals surface area (Å²) >= 11 is 1.60. The molecule has 140 valence electrons. The number of hydrogen-bond acceptors (Lipinski definition) is 4. The van der Waals surface area contributed by atoms with Crippen LogP contribution in [0, 0.1) is 5.82 Å². The first-order valence-corrected chi connectivity index (χ1v) is 8.93. The van der Waals surface area contributed by atoms with Crippen molar-refractivity contribution in [2.45, 2.75) is 12.6 Å². The summed E-state index contributed by atoms with van der Waals surface area (Å²) in [5.74, 6) is 0.135. The maximum absolute atomic E-state index is 13.3. The van der Waals surface area contributed by atoms with Gasteiger partial charge in [-0.15, -0.1) is 0 Å². The summed E-state index contributed by atoms with van der Waals surface area (Å²) in [7, 11) is 0. The predicted molar refractivity (Wildman–Crippen MR) is 92.4 cm³/mol. The average molecular weight is 388 g/mol. The van der Waals surface area contributed by atoms with E-state index in [2.05, 4.69) is 20.6 Å². The summed E-state index contributed by atoms with van der Waals surface area (Å²) in [6, 6.07) is 2.62. The first-order valence-electron chi connectivity index (χ1n) is 7.54. The Labute approximate surface area is 151 Å². The van der Waals surface area contributed by atoms with Crippen molar-refractivity contribution in [3.8, 4) is 11.3 Å². The number of amides is 2. The van der Waals surface area contributed by atoms with Crippen LogP contribution < -0.4 is 10.6 Å². The van der Waals surface area contributed by atoms with Crippen LogP contribution in [-0.2, 0) is 6.18 Å². The van der Waals surface area contributed by atoms with Gasteiger partial charge in [0.05, 0.1) is 17.6 Å². The number of carbonyl (C=O) groups is 1. The molecule has 2 amide bonds. The van der Waals surface area contributed by atoms with Crippen molar-refractivity contribution in [3.05, 3.63) is 42.1 Å². The molecule has 0 radical (unpaired) electrons. The van der Waals surface area contributed by atoms with E-state index in [9.17, 15) is 22.4 Å². The Balaban J connectivity index is 2.23. The molecule has 26 heavy (non-hydrogen) atoms. The van der Waals surface area contributed by atoms with Crippen molar-refractivity contribution in [3.63, 3.8) is 0 Å². The molecule has 5 nitrogen and oxygen atoms in total. The minimum absolute atomic E-state index is 0.101. The van der Waals surface area contributed by atoms with E-state index in [1.165, 1.54) is 12.3 Å². The molecule has 10 heteroatoms. The second-order valence-corrected chi connectivity index (χ2v) is 6.20. The predicted octanol–water partition coefficient (Wildman–Crippen LogP) is 4.18. The highest BCUT2D eigenvalue weighted by Crippen LogP contribution is 2.35. The van der Waals surface area contributed by atoms with E-state index < -0.39 is 29.4 Å². The van der Waals surface area contributed by atoms with Crippen molar-refractivity contribution in [1.82, 2.24) is 15.3 Å². The summed E-state index contributed by atoms with van der Waals surface area (Å²) in [6.07, 6.45) is -0.0394. The van der Waals surface area contributed by atoms with E-state index in [0.717, 1.165) is 24.1 Å². The number of nitrogens with zero attached hydrogens (tertiary/aromatic N) is 2. The summed E-state index contributed by atoms with van der Waals surface area (Å²) in [5, 5.41) is 4.64. The molecule has 0 atom stereocenters. The zero-order chi connectivity index (χ0) is 19.2. The van der Waals surface area contributed by atoms with Gasteiger partial charge in [0.1, 0.15) is 5.82 Å². The molecule has 0 fully saturated rings. The number of nitrogens with one attached hydrogen (secondary N) is 2. The molecule has 0 bridgehead atoms. The van der Waals surface area contributed by atoms with Crippen LogP contribution in [0.5, 0.6) is 0 Å². The van der Waals surface area contributed by atoms with Gasteiger partial charge < -0.3 is 10.6 Å². The molecule has 0 aliphatic carbocycles. The molecule has 0 saturated carbocycles. The zero-order valence-electron chi connectivity index (χ0n) is 13.7. The minimum atomic E-state index is -4.79. The molecule has 0 unspecified atom stereocenters. The molecule has 0 aliphatic rings. The van der Waals surface area contributed by atoms with E-state index in [4.69, 9.17) is 0 Å². The van der Waals surface area contributed by atoms with E-state index in [1.807, 2.05) is 6.26 Å². The molecule has 0 spiro atoms. The number of carbonyl (C=O) groups excluding carboxylic acids is 1. The number of urea groups is 1. The van der Waals surface area contributed by atoms with E-state index >= 15 is 0 Å².